The fourth-order valence-electron chi connectivity index (χ4n) is 2.13. The molecule has 0 saturated carbocycles. The van der Waals surface area contributed by atoms with Crippen molar-refractivity contribution in [2.24, 2.45) is 5.73 Å². The van der Waals surface area contributed by atoms with Gasteiger partial charge in [-0.1, -0.05) is 34.2 Å². The molecule has 0 atom stereocenters. The number of nitrogens with zero attached hydrogens (tertiary/aromatic N) is 1. The summed E-state index contributed by atoms with van der Waals surface area (Å²) >= 11 is 8.68. The number of rotatable bonds is 3. The Morgan fingerprint density at radius 1 is 1.25 bits per heavy atom. The Hall–Kier alpha value is -1.46. The summed E-state index contributed by atoms with van der Waals surface area (Å²) in [6.45, 7) is 5.92. The summed E-state index contributed by atoms with van der Waals surface area (Å²) in [4.78, 5) is 4.77. The van der Waals surface area contributed by atoms with E-state index in [1.165, 1.54) is 0 Å². The molecule has 0 aliphatic heterocycles. The summed E-state index contributed by atoms with van der Waals surface area (Å²) in [5.74, 6) is 0. The summed E-state index contributed by atoms with van der Waals surface area (Å²) in [5, 5.41) is 3.41. The number of pyridine rings is 1. The molecule has 0 aliphatic rings. The Kier molecular flexibility index (Phi) is 4.40. The van der Waals surface area contributed by atoms with Crippen LogP contribution in [0.3, 0.4) is 0 Å². The molecule has 0 unspecified atom stereocenters. The Bertz CT molecular complexity index is 683. The van der Waals surface area contributed by atoms with Crippen molar-refractivity contribution in [2.75, 3.05) is 5.32 Å². The van der Waals surface area contributed by atoms with Gasteiger partial charge in [0.25, 0.3) is 0 Å². The van der Waals surface area contributed by atoms with Gasteiger partial charge >= 0.3 is 0 Å². The van der Waals surface area contributed by atoms with Crippen LogP contribution in [0.1, 0.15) is 22.5 Å². The third-order valence-electron chi connectivity index (χ3n) is 3.11. The number of thiocarbonyl (C=S) groups is 1. The summed E-state index contributed by atoms with van der Waals surface area (Å²) in [7, 11) is 0. The first kappa shape index (κ1) is 14.9. The van der Waals surface area contributed by atoms with Crippen LogP contribution in [-0.2, 0) is 0 Å². The van der Waals surface area contributed by atoms with E-state index in [1.807, 2.05) is 45.0 Å². The van der Waals surface area contributed by atoms with Crippen molar-refractivity contribution in [1.29, 1.82) is 0 Å². The van der Waals surface area contributed by atoms with Crippen molar-refractivity contribution in [3.05, 3.63) is 51.3 Å². The lowest BCUT2D eigenvalue weighted by Crippen LogP contribution is -2.15. The van der Waals surface area contributed by atoms with E-state index < -0.39 is 0 Å². The highest BCUT2D eigenvalue weighted by Crippen LogP contribution is 2.29. The van der Waals surface area contributed by atoms with Gasteiger partial charge in [-0.15, -0.1) is 0 Å². The van der Waals surface area contributed by atoms with Crippen LogP contribution in [0.2, 0.25) is 0 Å². The molecular weight excluding hydrogens is 334 g/mol. The number of benzene rings is 1. The maximum atomic E-state index is 5.83. The van der Waals surface area contributed by atoms with Gasteiger partial charge in [0, 0.05) is 21.5 Å². The number of aryl methyl sites for hydroxylation is 2. The quantitative estimate of drug-likeness (QED) is 0.817. The number of halogens is 1. The average Bonchev–Trinajstić information content (AvgIpc) is 2.33. The lowest BCUT2D eigenvalue weighted by molar-refractivity contribution is 1.11. The van der Waals surface area contributed by atoms with Crippen molar-refractivity contribution in [2.45, 2.75) is 20.8 Å². The van der Waals surface area contributed by atoms with Gasteiger partial charge in [0.1, 0.15) is 4.99 Å². The molecule has 0 radical (unpaired) electrons. The van der Waals surface area contributed by atoms with Crippen LogP contribution in [0, 0.1) is 20.8 Å². The van der Waals surface area contributed by atoms with Crippen LogP contribution in [0.5, 0.6) is 0 Å². The molecule has 0 bridgehead atoms. The molecule has 1 heterocycles. The van der Waals surface area contributed by atoms with Crippen molar-refractivity contribution < 1.29 is 0 Å². The molecule has 5 heteroatoms. The summed E-state index contributed by atoms with van der Waals surface area (Å²) in [6.07, 6.45) is 0. The molecule has 1 aromatic heterocycles. The molecule has 0 spiro atoms. The zero-order chi connectivity index (χ0) is 14.9. The number of nitrogens with one attached hydrogen (secondary N) is 1. The third kappa shape index (κ3) is 2.99. The van der Waals surface area contributed by atoms with Crippen LogP contribution < -0.4 is 11.1 Å². The molecule has 20 heavy (non-hydrogen) atoms. The smallest absolute Gasteiger partial charge is 0.107 e. The molecule has 3 N–H and O–H groups in total. The van der Waals surface area contributed by atoms with E-state index in [0.717, 1.165) is 38.4 Å². The second-order valence-corrected chi connectivity index (χ2v) is 5.97. The largest absolute Gasteiger partial charge is 0.389 e. The van der Waals surface area contributed by atoms with E-state index in [4.69, 9.17) is 18.0 Å². The molecule has 0 saturated heterocycles. The zero-order valence-electron chi connectivity index (χ0n) is 11.6. The van der Waals surface area contributed by atoms with E-state index in [2.05, 4.69) is 26.2 Å². The minimum absolute atomic E-state index is 0.352. The van der Waals surface area contributed by atoms with E-state index >= 15 is 0 Å². The van der Waals surface area contributed by atoms with Gasteiger partial charge in [-0.3, -0.25) is 4.98 Å². The maximum absolute atomic E-state index is 5.83. The number of anilines is 2. The van der Waals surface area contributed by atoms with E-state index in [9.17, 15) is 0 Å². The fourth-order valence-corrected chi connectivity index (χ4v) is 2.75. The highest BCUT2D eigenvalue weighted by atomic mass is 79.9. The minimum Gasteiger partial charge on any atom is -0.389 e. The monoisotopic (exact) mass is 349 g/mol. The van der Waals surface area contributed by atoms with Gasteiger partial charge in [0.05, 0.1) is 11.3 Å². The predicted octanol–water partition coefficient (Wildman–Crippen LogP) is 4.15. The molecule has 0 aliphatic carbocycles. The first-order chi connectivity index (χ1) is 9.40. The molecule has 104 valence electrons. The second kappa shape index (κ2) is 5.89. The van der Waals surface area contributed by atoms with Crippen LogP contribution in [-0.4, -0.2) is 9.97 Å². The van der Waals surface area contributed by atoms with Crippen LogP contribution in [0.4, 0.5) is 11.4 Å². The normalized spacial score (nSPS) is 10.4. The number of nitrogens with two attached hydrogens (primary N) is 1. The molecule has 0 amide bonds. The van der Waals surface area contributed by atoms with Gasteiger partial charge in [-0.25, -0.2) is 0 Å². The van der Waals surface area contributed by atoms with Crippen molar-refractivity contribution in [3.8, 4) is 0 Å². The molecule has 1 aromatic carbocycles. The first-order valence-electron chi connectivity index (χ1n) is 6.20. The SMILES string of the molecule is Cc1cc(Nc2cccc(Br)c2C)c(C(N)=S)c(C)n1. The minimum atomic E-state index is 0.352. The number of hydrogen-bond donors (Lipinski definition) is 2. The lowest BCUT2D eigenvalue weighted by atomic mass is 10.1. The van der Waals surface area contributed by atoms with Crippen LogP contribution in [0.15, 0.2) is 28.7 Å². The van der Waals surface area contributed by atoms with Gasteiger partial charge in [-0.05, 0) is 44.5 Å². The van der Waals surface area contributed by atoms with Gasteiger partial charge in [0.2, 0.25) is 0 Å². The topological polar surface area (TPSA) is 50.9 Å². The summed E-state index contributed by atoms with van der Waals surface area (Å²) in [5.41, 5.74) is 11.4. The van der Waals surface area contributed by atoms with Gasteiger partial charge < -0.3 is 11.1 Å². The van der Waals surface area contributed by atoms with Crippen LogP contribution in [0.25, 0.3) is 0 Å². The molecule has 2 rings (SSSR count). The third-order valence-corrected chi connectivity index (χ3v) is 4.18. The molecular formula is C15H16BrN3S. The van der Waals surface area contributed by atoms with Crippen LogP contribution >= 0.6 is 28.1 Å². The van der Waals surface area contributed by atoms with Gasteiger partial charge in [0.15, 0.2) is 0 Å². The van der Waals surface area contributed by atoms with Crippen molar-refractivity contribution >= 4 is 44.5 Å². The number of hydrogen-bond acceptors (Lipinski definition) is 3. The first-order valence-corrected chi connectivity index (χ1v) is 7.40. The Morgan fingerprint density at radius 2 is 1.95 bits per heavy atom. The highest BCUT2D eigenvalue weighted by molar-refractivity contribution is 9.10. The Labute approximate surface area is 132 Å². The summed E-state index contributed by atoms with van der Waals surface area (Å²) in [6, 6.07) is 7.98. The van der Waals surface area contributed by atoms with E-state index in [1.54, 1.807) is 0 Å². The molecule has 0 fully saturated rings. The molecule has 2 aromatic rings. The van der Waals surface area contributed by atoms with Crippen molar-refractivity contribution in [3.63, 3.8) is 0 Å². The summed E-state index contributed by atoms with van der Waals surface area (Å²) < 4.78 is 1.06. The fraction of sp³-hybridized carbons (Fsp3) is 0.200. The van der Waals surface area contributed by atoms with Crippen molar-refractivity contribution in [1.82, 2.24) is 4.98 Å². The van der Waals surface area contributed by atoms with E-state index in [-0.39, 0.29) is 0 Å². The average molecular weight is 350 g/mol. The Balaban J connectivity index is 2.53. The van der Waals surface area contributed by atoms with Gasteiger partial charge in [-0.2, -0.15) is 0 Å². The maximum Gasteiger partial charge on any atom is 0.107 e. The predicted molar refractivity (Wildman–Crippen MR) is 91.8 cm³/mol. The van der Waals surface area contributed by atoms with E-state index in [0.29, 0.717) is 4.99 Å². The number of aromatic nitrogens is 1. The zero-order valence-corrected chi connectivity index (χ0v) is 14.0. The lowest BCUT2D eigenvalue weighted by Gasteiger charge is -2.16. The highest BCUT2D eigenvalue weighted by Gasteiger charge is 2.12. The standard InChI is InChI=1S/C15H16BrN3S/c1-8-7-13(14(15(17)20)10(3)18-8)19-12-6-4-5-11(16)9(12)2/h4-7H,1-3H3,(H2,17,20)(H,18,19). The second-order valence-electron chi connectivity index (χ2n) is 4.67. The Morgan fingerprint density at radius 3 is 2.60 bits per heavy atom. The molecule has 3 nitrogen and oxygen atoms in total.